The summed E-state index contributed by atoms with van der Waals surface area (Å²) in [6, 6.07) is 5.64. The van der Waals surface area contributed by atoms with Gasteiger partial charge in [-0.3, -0.25) is 4.72 Å². The van der Waals surface area contributed by atoms with Gasteiger partial charge < -0.3 is 5.11 Å². The quantitative estimate of drug-likeness (QED) is 0.797. The first kappa shape index (κ1) is 15.9. The lowest BCUT2D eigenvalue weighted by molar-refractivity contribution is 0.285. The predicted octanol–water partition coefficient (Wildman–Crippen LogP) is 4.00. The first-order valence-corrected chi connectivity index (χ1v) is 8.64. The van der Waals surface area contributed by atoms with E-state index in [2.05, 4.69) is 4.72 Å². The zero-order valence-corrected chi connectivity index (χ0v) is 13.6. The van der Waals surface area contributed by atoms with Crippen molar-refractivity contribution in [2.45, 2.75) is 10.8 Å². The van der Waals surface area contributed by atoms with Crippen molar-refractivity contribution in [1.82, 2.24) is 0 Å². The van der Waals surface area contributed by atoms with E-state index in [4.69, 9.17) is 39.9 Å². The average molecular weight is 373 g/mol. The van der Waals surface area contributed by atoms with Crippen LogP contribution >= 0.6 is 46.1 Å². The largest absolute Gasteiger partial charge is 0.391 e. The maximum absolute atomic E-state index is 12.2. The molecule has 9 heteroatoms. The Morgan fingerprint density at radius 3 is 2.35 bits per heavy atom. The summed E-state index contributed by atoms with van der Waals surface area (Å²) < 4.78 is 26.7. The van der Waals surface area contributed by atoms with Gasteiger partial charge in [-0.1, -0.05) is 34.8 Å². The van der Waals surface area contributed by atoms with Crippen LogP contribution in [-0.4, -0.2) is 13.5 Å². The molecule has 1 aromatic heterocycles. The van der Waals surface area contributed by atoms with Gasteiger partial charge in [0.05, 0.1) is 27.4 Å². The maximum Gasteiger partial charge on any atom is 0.271 e. The molecule has 0 bridgehead atoms. The topological polar surface area (TPSA) is 66.4 Å². The highest BCUT2D eigenvalue weighted by atomic mass is 35.5. The van der Waals surface area contributed by atoms with E-state index in [-0.39, 0.29) is 31.6 Å². The van der Waals surface area contributed by atoms with Gasteiger partial charge >= 0.3 is 0 Å². The molecule has 0 aliphatic rings. The molecule has 4 nitrogen and oxygen atoms in total. The van der Waals surface area contributed by atoms with Crippen LogP contribution < -0.4 is 4.72 Å². The molecule has 0 fully saturated rings. The lowest BCUT2D eigenvalue weighted by Gasteiger charge is -2.09. The lowest BCUT2D eigenvalue weighted by atomic mass is 10.3. The number of hydrogen-bond donors (Lipinski definition) is 2. The van der Waals surface area contributed by atoms with E-state index in [0.29, 0.717) is 4.88 Å². The maximum atomic E-state index is 12.2. The Balaban J connectivity index is 2.35. The third kappa shape index (κ3) is 3.39. The van der Waals surface area contributed by atoms with Crippen LogP contribution in [0.1, 0.15) is 4.88 Å². The molecule has 0 amide bonds. The van der Waals surface area contributed by atoms with E-state index in [1.807, 2.05) is 0 Å². The van der Waals surface area contributed by atoms with Gasteiger partial charge in [-0.2, -0.15) is 0 Å². The molecule has 20 heavy (non-hydrogen) atoms. The molecule has 0 aliphatic carbocycles. The summed E-state index contributed by atoms with van der Waals surface area (Å²) in [4.78, 5) is 0.547. The van der Waals surface area contributed by atoms with Gasteiger partial charge in [-0.05, 0) is 24.3 Å². The van der Waals surface area contributed by atoms with Gasteiger partial charge in [0.15, 0.2) is 0 Å². The Morgan fingerprint density at radius 1 is 1.10 bits per heavy atom. The molecule has 0 aliphatic heterocycles. The summed E-state index contributed by atoms with van der Waals surface area (Å²) in [5, 5.41) is 9.53. The van der Waals surface area contributed by atoms with Gasteiger partial charge in [-0.25, -0.2) is 8.42 Å². The second kappa shape index (κ2) is 6.09. The van der Waals surface area contributed by atoms with Crippen molar-refractivity contribution in [3.63, 3.8) is 0 Å². The van der Waals surface area contributed by atoms with Gasteiger partial charge in [0.25, 0.3) is 10.0 Å². The number of halogens is 3. The summed E-state index contributed by atoms with van der Waals surface area (Å²) in [6.45, 7) is -0.215. The van der Waals surface area contributed by atoms with E-state index < -0.39 is 10.0 Å². The van der Waals surface area contributed by atoms with Crippen LogP contribution in [0, 0.1) is 0 Å². The molecule has 1 heterocycles. The molecule has 0 unspecified atom stereocenters. The number of sulfonamides is 1. The van der Waals surface area contributed by atoms with Crippen LogP contribution in [0.5, 0.6) is 0 Å². The van der Waals surface area contributed by atoms with E-state index in [1.54, 1.807) is 0 Å². The van der Waals surface area contributed by atoms with E-state index in [9.17, 15) is 8.42 Å². The molecule has 0 atom stereocenters. The Hall–Kier alpha value is -0.500. The van der Waals surface area contributed by atoms with Gasteiger partial charge in [0.1, 0.15) is 4.21 Å². The molecular weight excluding hydrogens is 365 g/mol. The molecule has 108 valence electrons. The highest BCUT2D eigenvalue weighted by Gasteiger charge is 2.19. The van der Waals surface area contributed by atoms with Crippen molar-refractivity contribution in [3.05, 3.63) is 44.2 Å². The van der Waals surface area contributed by atoms with E-state index >= 15 is 0 Å². The Labute approximate surface area is 135 Å². The standard InChI is InChI=1S/C11H8Cl3NO3S2/c12-7-3-9(14)10(4-8(7)13)15-20(17,18)11-2-1-6(5-16)19-11/h1-4,15-16H,5H2. The van der Waals surface area contributed by atoms with Gasteiger partial charge in [0, 0.05) is 4.88 Å². The minimum atomic E-state index is -3.78. The number of aliphatic hydroxyl groups is 1. The number of hydrogen-bond acceptors (Lipinski definition) is 4. The SMILES string of the molecule is O=S(=O)(Nc1cc(Cl)c(Cl)cc1Cl)c1ccc(CO)s1. The van der Waals surface area contributed by atoms with E-state index in [0.717, 1.165) is 11.3 Å². The number of nitrogens with one attached hydrogen (secondary N) is 1. The third-order valence-corrected chi connectivity index (χ3v) is 6.27. The van der Waals surface area contributed by atoms with Crippen LogP contribution in [-0.2, 0) is 16.6 Å². The highest BCUT2D eigenvalue weighted by Crippen LogP contribution is 2.34. The minimum absolute atomic E-state index is 0.0729. The molecule has 1 aromatic carbocycles. The van der Waals surface area contributed by atoms with Crippen molar-refractivity contribution >= 4 is 61.9 Å². The predicted molar refractivity (Wildman–Crippen MR) is 82.5 cm³/mol. The second-order valence-electron chi connectivity index (χ2n) is 3.73. The molecule has 0 saturated heterocycles. The summed E-state index contributed by atoms with van der Waals surface area (Å²) in [5.74, 6) is 0. The van der Waals surface area contributed by atoms with Crippen molar-refractivity contribution in [3.8, 4) is 0 Å². The molecule has 0 saturated carbocycles. The fraction of sp³-hybridized carbons (Fsp3) is 0.0909. The number of anilines is 1. The summed E-state index contributed by atoms with van der Waals surface area (Å²) in [5.41, 5.74) is 0.139. The van der Waals surface area contributed by atoms with Gasteiger partial charge in [0.2, 0.25) is 0 Å². The van der Waals surface area contributed by atoms with Crippen molar-refractivity contribution < 1.29 is 13.5 Å². The molecule has 0 spiro atoms. The Bertz CT molecular complexity index is 743. The Kier molecular flexibility index (Phi) is 4.84. The highest BCUT2D eigenvalue weighted by molar-refractivity contribution is 7.94. The number of rotatable bonds is 4. The molecule has 2 aromatic rings. The molecular formula is C11H8Cl3NO3S2. The van der Waals surface area contributed by atoms with Crippen molar-refractivity contribution in [2.24, 2.45) is 0 Å². The number of aliphatic hydroxyl groups excluding tert-OH is 1. The number of benzene rings is 1. The molecule has 0 radical (unpaired) electrons. The van der Waals surface area contributed by atoms with Gasteiger partial charge in [-0.15, -0.1) is 11.3 Å². The first-order valence-electron chi connectivity index (χ1n) is 5.20. The average Bonchev–Trinajstić information content (AvgIpc) is 2.85. The van der Waals surface area contributed by atoms with Crippen molar-refractivity contribution in [1.29, 1.82) is 0 Å². The summed E-state index contributed by atoms with van der Waals surface area (Å²) in [7, 11) is -3.78. The molecule has 2 rings (SSSR count). The van der Waals surface area contributed by atoms with E-state index in [1.165, 1.54) is 24.3 Å². The lowest BCUT2D eigenvalue weighted by Crippen LogP contribution is -2.11. The monoisotopic (exact) mass is 371 g/mol. The fourth-order valence-electron chi connectivity index (χ4n) is 1.38. The van der Waals surface area contributed by atoms with Crippen LogP contribution in [0.3, 0.4) is 0 Å². The normalized spacial score (nSPS) is 11.6. The summed E-state index contributed by atoms with van der Waals surface area (Å²) >= 11 is 18.5. The van der Waals surface area contributed by atoms with Crippen LogP contribution in [0.15, 0.2) is 28.5 Å². The Morgan fingerprint density at radius 2 is 1.75 bits per heavy atom. The first-order chi connectivity index (χ1) is 9.33. The van der Waals surface area contributed by atoms with Crippen molar-refractivity contribution in [2.75, 3.05) is 4.72 Å². The zero-order valence-electron chi connectivity index (χ0n) is 9.73. The smallest absolute Gasteiger partial charge is 0.271 e. The van der Waals surface area contributed by atoms with Crippen LogP contribution in [0.4, 0.5) is 5.69 Å². The number of thiophene rings is 1. The summed E-state index contributed by atoms with van der Waals surface area (Å²) in [6.07, 6.45) is 0. The van der Waals surface area contributed by atoms with Crippen LogP contribution in [0.25, 0.3) is 0 Å². The second-order valence-corrected chi connectivity index (χ2v) is 8.03. The third-order valence-electron chi connectivity index (χ3n) is 2.31. The fourth-order valence-corrected chi connectivity index (χ4v) is 4.32. The molecule has 2 N–H and O–H groups in total. The minimum Gasteiger partial charge on any atom is -0.391 e. The van der Waals surface area contributed by atoms with Crippen LogP contribution in [0.2, 0.25) is 15.1 Å². The zero-order chi connectivity index (χ0) is 14.9.